The second-order valence-electron chi connectivity index (χ2n) is 5.76. The zero-order valence-electron chi connectivity index (χ0n) is 14.2. The minimum atomic E-state index is 0. The summed E-state index contributed by atoms with van der Waals surface area (Å²) in [5, 5.41) is 2.58. The van der Waals surface area contributed by atoms with Gasteiger partial charge in [-0.2, -0.15) is 0 Å². The third-order valence-electron chi connectivity index (χ3n) is 4.17. The van der Waals surface area contributed by atoms with Crippen LogP contribution in [0.2, 0.25) is 0 Å². The summed E-state index contributed by atoms with van der Waals surface area (Å²) in [6.07, 6.45) is 0. The van der Waals surface area contributed by atoms with Gasteiger partial charge in [-0.3, -0.25) is 0 Å². The molecular weight excluding hydrogens is 415 g/mol. The molecule has 2 aliphatic rings. The molecule has 2 nitrogen and oxygen atoms in total. The molecule has 0 atom stereocenters. The van der Waals surface area contributed by atoms with Crippen molar-refractivity contribution in [2.45, 2.75) is 13.8 Å². The fraction of sp³-hybridized carbons (Fsp3) is 0.316. The predicted octanol–water partition coefficient (Wildman–Crippen LogP) is 4.50. The second-order valence-corrected chi connectivity index (χ2v) is 6.84. The van der Waals surface area contributed by atoms with E-state index in [1.54, 1.807) is 0 Å². The Balaban J connectivity index is 0.00000192. The number of benzene rings is 2. The zero-order chi connectivity index (χ0) is 15.7. The van der Waals surface area contributed by atoms with Gasteiger partial charge in [-0.1, -0.05) is 6.07 Å². The molecule has 0 fully saturated rings. The van der Waals surface area contributed by atoms with Crippen molar-refractivity contribution in [1.29, 1.82) is 0 Å². The van der Waals surface area contributed by atoms with Crippen LogP contribution in [-0.4, -0.2) is 27.2 Å². The number of halogens is 1. The Morgan fingerprint density at radius 3 is 2.35 bits per heavy atom. The van der Waals surface area contributed by atoms with E-state index in [0.29, 0.717) is 0 Å². The van der Waals surface area contributed by atoms with Gasteiger partial charge in [-0.05, 0) is 49.1 Å². The van der Waals surface area contributed by atoms with Gasteiger partial charge in [-0.15, -0.1) is 35.3 Å². The summed E-state index contributed by atoms with van der Waals surface area (Å²) in [4.78, 5) is 3.74. The smallest absolute Gasteiger partial charge is 0.200 e. The Morgan fingerprint density at radius 1 is 0.957 bits per heavy atom. The van der Waals surface area contributed by atoms with Crippen LogP contribution in [-0.2, 0) is 0 Å². The highest BCUT2D eigenvalue weighted by atomic mass is 127. The number of fused-ring (bicyclic) bond motifs is 2. The summed E-state index contributed by atoms with van der Waals surface area (Å²) in [5.41, 5.74) is 2.63. The Labute approximate surface area is 159 Å². The molecule has 23 heavy (non-hydrogen) atoms. The number of rotatable bonds is 3. The number of hydrogen-bond acceptors (Lipinski definition) is 2. The van der Waals surface area contributed by atoms with Crippen molar-refractivity contribution >= 4 is 51.1 Å². The van der Waals surface area contributed by atoms with Gasteiger partial charge < -0.3 is 4.90 Å². The lowest BCUT2D eigenvalue weighted by Gasteiger charge is -2.21. The normalized spacial score (nSPS) is 10.6. The van der Waals surface area contributed by atoms with E-state index in [2.05, 4.69) is 79.9 Å². The lowest BCUT2D eigenvalue weighted by atomic mass is 10.1. The quantitative estimate of drug-likeness (QED) is 0.331. The van der Waals surface area contributed by atoms with Gasteiger partial charge in [0.15, 0.2) is 0 Å². The van der Waals surface area contributed by atoms with E-state index in [0.717, 1.165) is 13.1 Å². The molecule has 122 valence electrons. The third-order valence-corrected chi connectivity index (χ3v) is 5.32. The standard InChI is InChI=1S/C19H23N2S.HI/c1-5-21(6-2)17-10-8-15-11-14-7-9-16(20(3)4)12-18(14)22-19(15)13-17;/h7-13H,5-6H2,1-4H3;1H/q+1;. The van der Waals surface area contributed by atoms with Crippen LogP contribution >= 0.6 is 35.3 Å². The molecule has 0 radical (unpaired) electrons. The lowest BCUT2D eigenvalue weighted by molar-refractivity contribution is 0.814. The van der Waals surface area contributed by atoms with Crippen molar-refractivity contribution in [3.63, 3.8) is 0 Å². The molecule has 0 N–H and O–H groups in total. The summed E-state index contributed by atoms with van der Waals surface area (Å²) < 4.78 is 3.51. The van der Waals surface area contributed by atoms with E-state index in [9.17, 15) is 0 Å². The van der Waals surface area contributed by atoms with Crippen LogP contribution in [0.5, 0.6) is 0 Å². The molecule has 1 aliphatic carbocycles. The van der Waals surface area contributed by atoms with Gasteiger partial charge in [0.1, 0.15) is 14.1 Å². The van der Waals surface area contributed by atoms with E-state index in [4.69, 9.17) is 0 Å². The minimum absolute atomic E-state index is 0. The molecule has 0 bridgehead atoms. The van der Waals surface area contributed by atoms with Crippen LogP contribution in [0.15, 0.2) is 42.5 Å². The van der Waals surface area contributed by atoms with E-state index < -0.39 is 0 Å². The van der Waals surface area contributed by atoms with Crippen LogP contribution in [0.1, 0.15) is 13.8 Å². The molecule has 0 saturated carbocycles. The first-order chi connectivity index (χ1) is 10.6. The molecule has 1 aromatic rings. The maximum atomic E-state index is 2.40. The second kappa shape index (κ2) is 7.62. The highest BCUT2D eigenvalue weighted by Gasteiger charge is 2.09. The van der Waals surface area contributed by atoms with Gasteiger partial charge in [0.2, 0.25) is 5.36 Å². The molecule has 0 saturated heterocycles. The first kappa shape index (κ1) is 18.2. The highest BCUT2D eigenvalue weighted by Crippen LogP contribution is 2.34. The van der Waals surface area contributed by atoms with Crippen molar-refractivity contribution < 1.29 is 0 Å². The van der Waals surface area contributed by atoms with Crippen LogP contribution in [0.3, 0.4) is 0 Å². The summed E-state index contributed by atoms with van der Waals surface area (Å²) in [5.74, 6) is 0. The van der Waals surface area contributed by atoms with Gasteiger partial charge in [0.05, 0.1) is 0 Å². The molecule has 0 unspecified atom stereocenters. The molecular formula is C19H24IN2S+. The van der Waals surface area contributed by atoms with Crippen LogP contribution in [0.4, 0.5) is 5.69 Å². The van der Waals surface area contributed by atoms with Gasteiger partial charge in [0, 0.05) is 40.5 Å². The van der Waals surface area contributed by atoms with Gasteiger partial charge in [0.25, 0.3) is 0 Å². The van der Waals surface area contributed by atoms with Crippen LogP contribution in [0, 0.1) is 0 Å². The summed E-state index contributed by atoms with van der Waals surface area (Å²) in [6.45, 7) is 6.51. The van der Waals surface area contributed by atoms with Crippen molar-refractivity contribution in [1.82, 2.24) is 4.58 Å². The Kier molecular flexibility index (Phi) is 6.03. The van der Waals surface area contributed by atoms with E-state index in [1.165, 1.54) is 31.6 Å². The molecule has 1 aliphatic heterocycles. The lowest BCUT2D eigenvalue weighted by Crippen LogP contribution is -2.21. The van der Waals surface area contributed by atoms with E-state index in [-0.39, 0.29) is 24.0 Å². The molecule has 4 heteroatoms. The zero-order valence-corrected chi connectivity index (χ0v) is 17.3. The maximum Gasteiger partial charge on any atom is 0.200 e. The first-order valence-corrected chi connectivity index (χ1v) is 8.67. The predicted molar refractivity (Wildman–Crippen MR) is 115 cm³/mol. The topological polar surface area (TPSA) is 6.25 Å². The summed E-state index contributed by atoms with van der Waals surface area (Å²) in [6, 6.07) is 15.8. The fourth-order valence-electron chi connectivity index (χ4n) is 2.81. The third kappa shape index (κ3) is 3.69. The maximum absolute atomic E-state index is 2.40. The molecule has 1 heterocycles. The molecule has 0 spiro atoms. The molecule has 1 aromatic carbocycles. The van der Waals surface area contributed by atoms with Crippen molar-refractivity contribution in [2.24, 2.45) is 0 Å². The Hall–Kier alpha value is -1.14. The van der Waals surface area contributed by atoms with Crippen molar-refractivity contribution in [3.8, 4) is 10.4 Å². The molecule has 0 amide bonds. The average Bonchev–Trinajstić information content (AvgIpc) is 2.53. The largest absolute Gasteiger partial charge is 0.372 e. The van der Waals surface area contributed by atoms with Crippen molar-refractivity contribution in [2.75, 3.05) is 32.1 Å². The van der Waals surface area contributed by atoms with Crippen LogP contribution in [0.25, 0.3) is 20.5 Å². The average molecular weight is 439 g/mol. The van der Waals surface area contributed by atoms with E-state index in [1.807, 2.05) is 11.3 Å². The number of hydrogen-bond donors (Lipinski definition) is 0. The number of nitrogens with zero attached hydrogens (tertiary/aromatic N) is 2. The highest BCUT2D eigenvalue weighted by molar-refractivity contribution is 14.0. The summed E-state index contributed by atoms with van der Waals surface area (Å²) >= 11 is 1.88. The first-order valence-electron chi connectivity index (χ1n) is 7.85. The Bertz CT molecular complexity index is 846. The minimum Gasteiger partial charge on any atom is -0.372 e. The Morgan fingerprint density at radius 2 is 1.70 bits per heavy atom. The molecule has 3 rings (SSSR count). The van der Waals surface area contributed by atoms with Gasteiger partial charge >= 0.3 is 0 Å². The summed E-state index contributed by atoms with van der Waals surface area (Å²) in [7, 11) is 4.18. The molecule has 0 aromatic heterocycles. The monoisotopic (exact) mass is 439 g/mol. The fourth-order valence-corrected chi connectivity index (χ4v) is 3.90. The van der Waals surface area contributed by atoms with Crippen LogP contribution < -0.4 is 14.8 Å². The van der Waals surface area contributed by atoms with Crippen molar-refractivity contribution in [3.05, 3.63) is 47.8 Å². The number of anilines is 1. The van der Waals surface area contributed by atoms with E-state index >= 15 is 0 Å². The SMILES string of the molecule is CCN(CC)c1ccc2cc3ccc(=[N+](C)C)cc-3sc2c1.I. The van der Waals surface area contributed by atoms with Gasteiger partial charge in [-0.25, -0.2) is 4.58 Å².